The number of ether oxygens (including phenoxy) is 1. The van der Waals surface area contributed by atoms with Gasteiger partial charge in [0.05, 0.1) is 24.3 Å². The highest BCUT2D eigenvalue weighted by Crippen LogP contribution is 2.16. The van der Waals surface area contributed by atoms with Gasteiger partial charge in [-0.15, -0.1) is 0 Å². The summed E-state index contributed by atoms with van der Waals surface area (Å²) >= 11 is 3.34. The third-order valence-corrected chi connectivity index (χ3v) is 2.76. The van der Waals surface area contributed by atoms with E-state index in [1.165, 1.54) is 0 Å². The van der Waals surface area contributed by atoms with Crippen LogP contribution in [0.1, 0.15) is 19.0 Å². The Balaban J connectivity index is 1.89. The molecule has 2 heterocycles. The fourth-order valence-corrected chi connectivity index (χ4v) is 1.75. The molecular weight excluding hydrogens is 308 g/mol. The first-order chi connectivity index (χ1) is 9.28. The summed E-state index contributed by atoms with van der Waals surface area (Å²) in [6, 6.07) is 1.86. The molecule has 0 aliphatic rings. The second-order valence-electron chi connectivity index (χ2n) is 3.95. The maximum Gasteiger partial charge on any atom is 0.144 e. The second-order valence-corrected chi connectivity index (χ2v) is 4.86. The Hall–Kier alpha value is -1.69. The van der Waals surface area contributed by atoms with Gasteiger partial charge in [0.2, 0.25) is 0 Å². The van der Waals surface area contributed by atoms with E-state index >= 15 is 0 Å². The average Bonchev–Trinajstić information content (AvgIpc) is 2.44. The van der Waals surface area contributed by atoms with Gasteiger partial charge in [-0.3, -0.25) is 9.97 Å². The number of pyridine rings is 1. The first-order valence-corrected chi connectivity index (χ1v) is 6.85. The monoisotopic (exact) mass is 322 g/mol. The van der Waals surface area contributed by atoms with E-state index in [1.54, 1.807) is 24.8 Å². The molecule has 2 aromatic heterocycles. The maximum absolute atomic E-state index is 5.58. The summed E-state index contributed by atoms with van der Waals surface area (Å²) < 4.78 is 6.46. The molecule has 0 saturated heterocycles. The topological polar surface area (TPSA) is 59.9 Å². The fraction of sp³-hybridized carbons (Fsp3) is 0.308. The van der Waals surface area contributed by atoms with Crippen LogP contribution in [-0.2, 0) is 6.61 Å². The SMILES string of the molecule is CCCNc1cnc(COc2cncc(Br)c2)cn1. The molecular formula is C13H15BrN4O. The van der Waals surface area contributed by atoms with Crippen molar-refractivity contribution in [3.63, 3.8) is 0 Å². The molecule has 2 rings (SSSR count). The van der Waals surface area contributed by atoms with Gasteiger partial charge in [-0.2, -0.15) is 0 Å². The standard InChI is InChI=1S/C13H15BrN4O/c1-2-3-16-13-8-17-11(6-18-13)9-19-12-4-10(14)5-15-7-12/h4-8H,2-3,9H2,1H3,(H,16,18). The Morgan fingerprint density at radius 3 is 2.79 bits per heavy atom. The van der Waals surface area contributed by atoms with E-state index in [0.717, 1.165) is 29.0 Å². The Bertz CT molecular complexity index is 518. The lowest BCUT2D eigenvalue weighted by Gasteiger charge is -2.06. The number of nitrogens with one attached hydrogen (secondary N) is 1. The van der Waals surface area contributed by atoms with Crippen LogP contribution in [0, 0.1) is 0 Å². The molecule has 0 saturated carbocycles. The number of halogens is 1. The maximum atomic E-state index is 5.58. The minimum absolute atomic E-state index is 0.374. The van der Waals surface area contributed by atoms with Crippen molar-refractivity contribution < 1.29 is 4.74 Å². The fourth-order valence-electron chi connectivity index (χ4n) is 1.40. The van der Waals surface area contributed by atoms with Crippen molar-refractivity contribution in [1.29, 1.82) is 0 Å². The minimum Gasteiger partial charge on any atom is -0.486 e. The van der Waals surface area contributed by atoms with Gasteiger partial charge in [-0.05, 0) is 28.4 Å². The summed E-state index contributed by atoms with van der Waals surface area (Å²) in [5.41, 5.74) is 0.780. The normalized spacial score (nSPS) is 10.2. The van der Waals surface area contributed by atoms with Crippen LogP contribution >= 0.6 is 15.9 Å². The third-order valence-electron chi connectivity index (χ3n) is 2.33. The van der Waals surface area contributed by atoms with E-state index in [9.17, 15) is 0 Å². The van der Waals surface area contributed by atoms with Crippen molar-refractivity contribution in [2.24, 2.45) is 0 Å². The van der Waals surface area contributed by atoms with Gasteiger partial charge in [0.15, 0.2) is 0 Å². The lowest BCUT2D eigenvalue weighted by molar-refractivity contribution is 0.299. The van der Waals surface area contributed by atoms with Crippen LogP contribution in [0.3, 0.4) is 0 Å². The molecule has 0 unspecified atom stereocenters. The molecule has 5 nitrogen and oxygen atoms in total. The van der Waals surface area contributed by atoms with Crippen LogP contribution in [0.25, 0.3) is 0 Å². The van der Waals surface area contributed by atoms with Crippen LogP contribution in [0.15, 0.2) is 35.3 Å². The molecule has 2 aromatic rings. The van der Waals surface area contributed by atoms with Gasteiger partial charge >= 0.3 is 0 Å². The molecule has 0 spiro atoms. The largest absolute Gasteiger partial charge is 0.486 e. The molecule has 0 fully saturated rings. The van der Waals surface area contributed by atoms with E-state index in [1.807, 2.05) is 6.07 Å². The summed E-state index contributed by atoms with van der Waals surface area (Å²) in [5.74, 6) is 1.49. The predicted octanol–water partition coefficient (Wildman–Crippen LogP) is 3.04. The summed E-state index contributed by atoms with van der Waals surface area (Å²) in [6.07, 6.45) is 7.86. The number of rotatable bonds is 6. The number of nitrogens with zero attached hydrogens (tertiary/aromatic N) is 3. The number of hydrogen-bond donors (Lipinski definition) is 1. The van der Waals surface area contributed by atoms with Gasteiger partial charge in [0, 0.05) is 17.2 Å². The second kappa shape index (κ2) is 7.04. The highest BCUT2D eigenvalue weighted by Gasteiger charge is 2.00. The Labute approximate surface area is 120 Å². The molecule has 1 N–H and O–H groups in total. The molecule has 0 aliphatic carbocycles. The number of anilines is 1. The average molecular weight is 323 g/mol. The van der Waals surface area contributed by atoms with Crippen LogP contribution in [0.4, 0.5) is 5.82 Å². The Morgan fingerprint density at radius 2 is 2.11 bits per heavy atom. The zero-order valence-corrected chi connectivity index (χ0v) is 12.2. The lowest BCUT2D eigenvalue weighted by atomic mass is 10.4. The molecule has 100 valence electrons. The van der Waals surface area contributed by atoms with Crippen molar-refractivity contribution in [3.05, 3.63) is 41.0 Å². The predicted molar refractivity (Wildman–Crippen MR) is 77.1 cm³/mol. The molecule has 19 heavy (non-hydrogen) atoms. The van der Waals surface area contributed by atoms with Crippen molar-refractivity contribution in [2.45, 2.75) is 20.0 Å². The van der Waals surface area contributed by atoms with Gasteiger partial charge in [0.25, 0.3) is 0 Å². The highest BCUT2D eigenvalue weighted by molar-refractivity contribution is 9.10. The van der Waals surface area contributed by atoms with Crippen molar-refractivity contribution in [2.75, 3.05) is 11.9 Å². The molecule has 0 bridgehead atoms. The summed E-state index contributed by atoms with van der Waals surface area (Å²) in [4.78, 5) is 12.6. The van der Waals surface area contributed by atoms with Crippen molar-refractivity contribution in [3.8, 4) is 5.75 Å². The molecule has 0 amide bonds. The highest BCUT2D eigenvalue weighted by atomic mass is 79.9. The van der Waals surface area contributed by atoms with Crippen LogP contribution in [0.2, 0.25) is 0 Å². The van der Waals surface area contributed by atoms with Crippen LogP contribution < -0.4 is 10.1 Å². The van der Waals surface area contributed by atoms with Crippen molar-refractivity contribution in [1.82, 2.24) is 15.0 Å². The summed E-state index contributed by atoms with van der Waals surface area (Å²) in [7, 11) is 0. The Kier molecular flexibility index (Phi) is 5.09. The van der Waals surface area contributed by atoms with Crippen LogP contribution in [0.5, 0.6) is 5.75 Å². The molecule has 0 aliphatic heterocycles. The zero-order chi connectivity index (χ0) is 13.5. The first-order valence-electron chi connectivity index (χ1n) is 6.06. The lowest BCUT2D eigenvalue weighted by Crippen LogP contribution is -2.04. The van der Waals surface area contributed by atoms with E-state index in [4.69, 9.17) is 4.74 Å². The summed E-state index contributed by atoms with van der Waals surface area (Å²) in [5, 5.41) is 3.17. The Morgan fingerprint density at radius 1 is 1.21 bits per heavy atom. The molecule has 0 radical (unpaired) electrons. The molecule has 0 atom stereocenters. The molecule has 0 aromatic carbocycles. The summed E-state index contributed by atoms with van der Waals surface area (Å²) in [6.45, 7) is 3.38. The molecule has 6 heteroatoms. The number of aromatic nitrogens is 3. The van der Waals surface area contributed by atoms with E-state index < -0.39 is 0 Å². The van der Waals surface area contributed by atoms with Gasteiger partial charge in [0.1, 0.15) is 18.2 Å². The van der Waals surface area contributed by atoms with Crippen LogP contribution in [-0.4, -0.2) is 21.5 Å². The smallest absolute Gasteiger partial charge is 0.144 e. The zero-order valence-electron chi connectivity index (χ0n) is 10.6. The van der Waals surface area contributed by atoms with E-state index in [0.29, 0.717) is 12.4 Å². The quantitative estimate of drug-likeness (QED) is 0.885. The van der Waals surface area contributed by atoms with Gasteiger partial charge < -0.3 is 10.1 Å². The van der Waals surface area contributed by atoms with Gasteiger partial charge in [-0.25, -0.2) is 4.98 Å². The van der Waals surface area contributed by atoms with Crippen molar-refractivity contribution >= 4 is 21.7 Å². The minimum atomic E-state index is 0.374. The van der Waals surface area contributed by atoms with Gasteiger partial charge in [-0.1, -0.05) is 6.92 Å². The van der Waals surface area contributed by atoms with E-state index in [2.05, 4.69) is 43.1 Å². The third kappa shape index (κ3) is 4.48. The first kappa shape index (κ1) is 13.7. The number of hydrogen-bond acceptors (Lipinski definition) is 5. The van der Waals surface area contributed by atoms with E-state index in [-0.39, 0.29) is 0 Å².